The lowest BCUT2D eigenvalue weighted by molar-refractivity contribution is -0.137. The normalized spacial score (nSPS) is 16.1. The van der Waals surface area contributed by atoms with Crippen molar-refractivity contribution in [3.8, 4) is 22.6 Å². The summed E-state index contributed by atoms with van der Waals surface area (Å²) in [4.78, 5) is 13.2. The molecule has 0 saturated heterocycles. The first-order chi connectivity index (χ1) is 17.4. The molecule has 0 spiro atoms. The molecule has 0 unspecified atom stereocenters. The van der Waals surface area contributed by atoms with Gasteiger partial charge < -0.3 is 14.8 Å². The van der Waals surface area contributed by atoms with E-state index >= 15 is 0 Å². The fraction of sp³-hybridized carbons (Fsp3) is 0.269. The van der Waals surface area contributed by atoms with Crippen molar-refractivity contribution in [1.29, 1.82) is 0 Å². The average molecular weight is 533 g/mol. The summed E-state index contributed by atoms with van der Waals surface area (Å²) < 4.78 is 77.9. The maximum Gasteiger partial charge on any atom is 0.417 e. The van der Waals surface area contributed by atoms with E-state index in [1.807, 2.05) is 0 Å². The third-order valence-electron chi connectivity index (χ3n) is 6.64. The van der Waals surface area contributed by atoms with E-state index in [9.17, 15) is 26.4 Å². The van der Waals surface area contributed by atoms with Crippen LogP contribution in [-0.2, 0) is 26.4 Å². The first-order valence-electron chi connectivity index (χ1n) is 11.4. The van der Waals surface area contributed by atoms with Crippen molar-refractivity contribution < 1.29 is 35.9 Å². The molecule has 3 aromatic carbocycles. The summed E-state index contributed by atoms with van der Waals surface area (Å²) >= 11 is 0. The molecule has 5 rings (SSSR count). The molecule has 1 amide bonds. The molecular formula is C26H23F3N2O5S. The van der Waals surface area contributed by atoms with Crippen molar-refractivity contribution in [3.63, 3.8) is 0 Å². The van der Waals surface area contributed by atoms with Gasteiger partial charge in [-0.05, 0) is 72.0 Å². The summed E-state index contributed by atoms with van der Waals surface area (Å²) in [5.41, 5.74) is -0.758. The van der Waals surface area contributed by atoms with Gasteiger partial charge in [-0.1, -0.05) is 18.2 Å². The van der Waals surface area contributed by atoms with Crippen molar-refractivity contribution >= 4 is 21.6 Å². The molecule has 0 radical (unpaired) electrons. The number of hydrogen-bond donors (Lipinski definition) is 1. The molecule has 7 nitrogen and oxygen atoms in total. The summed E-state index contributed by atoms with van der Waals surface area (Å²) in [6, 6.07) is 13.8. The van der Waals surface area contributed by atoms with Gasteiger partial charge in [0.05, 0.1) is 15.9 Å². The van der Waals surface area contributed by atoms with Crippen molar-refractivity contribution in [1.82, 2.24) is 4.31 Å². The molecule has 194 valence electrons. The zero-order valence-corrected chi connectivity index (χ0v) is 20.7. The number of fused-ring (bicyclic) bond motifs is 1. The molecule has 11 heteroatoms. The average Bonchev–Trinajstić information content (AvgIpc) is 3.54. The van der Waals surface area contributed by atoms with E-state index in [0.717, 1.165) is 15.9 Å². The monoisotopic (exact) mass is 532 g/mol. The smallest absolute Gasteiger partial charge is 0.417 e. The maximum absolute atomic E-state index is 13.8. The number of carbonyl (C=O) groups excluding carboxylic acids is 1. The zero-order chi connectivity index (χ0) is 26.6. The van der Waals surface area contributed by atoms with Crippen LogP contribution in [0.5, 0.6) is 11.5 Å². The fourth-order valence-electron chi connectivity index (χ4n) is 4.34. The first kappa shape index (κ1) is 25.1. The minimum absolute atomic E-state index is 0.0429. The Kier molecular flexibility index (Phi) is 5.95. The Morgan fingerprint density at radius 2 is 1.62 bits per heavy atom. The Balaban J connectivity index is 1.46. The molecule has 3 aromatic rings. The Morgan fingerprint density at radius 1 is 0.946 bits per heavy atom. The number of anilines is 1. The second kappa shape index (κ2) is 8.77. The summed E-state index contributed by atoms with van der Waals surface area (Å²) in [7, 11) is -1.00. The van der Waals surface area contributed by atoms with Crippen LogP contribution < -0.4 is 14.8 Å². The minimum Gasteiger partial charge on any atom is -0.454 e. The number of ether oxygens (including phenoxy) is 2. The molecule has 1 saturated carbocycles. The van der Waals surface area contributed by atoms with Crippen molar-refractivity contribution in [2.24, 2.45) is 0 Å². The van der Waals surface area contributed by atoms with Crippen LogP contribution in [0.3, 0.4) is 0 Å². The molecule has 2 aliphatic rings. The zero-order valence-electron chi connectivity index (χ0n) is 19.9. The number of amides is 1. The summed E-state index contributed by atoms with van der Waals surface area (Å²) in [5.74, 6) is 0.814. The molecule has 0 atom stereocenters. The third kappa shape index (κ3) is 4.53. The summed E-state index contributed by atoms with van der Waals surface area (Å²) in [6.07, 6.45) is -3.47. The van der Waals surface area contributed by atoms with Crippen LogP contribution in [0.15, 0.2) is 65.6 Å². The van der Waals surface area contributed by atoms with Crippen LogP contribution in [0, 0.1) is 0 Å². The Bertz CT molecular complexity index is 1480. The lowest BCUT2D eigenvalue weighted by Crippen LogP contribution is -2.27. The Morgan fingerprint density at radius 3 is 2.24 bits per heavy atom. The van der Waals surface area contributed by atoms with Gasteiger partial charge in [0.2, 0.25) is 22.7 Å². The van der Waals surface area contributed by atoms with E-state index in [-0.39, 0.29) is 34.4 Å². The number of carbonyl (C=O) groups is 1. The highest BCUT2D eigenvalue weighted by Crippen LogP contribution is 2.51. The quantitative estimate of drug-likeness (QED) is 0.482. The predicted molar refractivity (Wildman–Crippen MR) is 130 cm³/mol. The lowest BCUT2D eigenvalue weighted by Gasteiger charge is -2.19. The van der Waals surface area contributed by atoms with Crippen LogP contribution in [0.25, 0.3) is 11.1 Å². The van der Waals surface area contributed by atoms with E-state index in [1.165, 1.54) is 50.5 Å². The summed E-state index contributed by atoms with van der Waals surface area (Å²) in [5, 5.41) is 2.77. The third-order valence-corrected chi connectivity index (χ3v) is 8.47. The Labute approximate surface area is 211 Å². The van der Waals surface area contributed by atoms with Crippen LogP contribution >= 0.6 is 0 Å². The van der Waals surface area contributed by atoms with Gasteiger partial charge in [-0.3, -0.25) is 4.79 Å². The van der Waals surface area contributed by atoms with Crippen molar-refractivity contribution in [3.05, 3.63) is 71.8 Å². The predicted octanol–water partition coefficient (Wildman–Crippen LogP) is 5.02. The van der Waals surface area contributed by atoms with Crippen LogP contribution in [0.2, 0.25) is 0 Å². The number of nitrogens with zero attached hydrogens (tertiary/aromatic N) is 1. The fourth-order valence-corrected chi connectivity index (χ4v) is 5.24. The number of nitrogens with one attached hydrogen (secondary N) is 1. The number of rotatable bonds is 6. The van der Waals surface area contributed by atoms with E-state index in [0.29, 0.717) is 24.3 Å². The second-order valence-electron chi connectivity index (χ2n) is 9.17. The molecule has 1 N–H and O–H groups in total. The van der Waals surface area contributed by atoms with E-state index in [1.54, 1.807) is 18.2 Å². The van der Waals surface area contributed by atoms with Gasteiger partial charge in [0.25, 0.3) is 0 Å². The molecular weight excluding hydrogens is 509 g/mol. The molecule has 37 heavy (non-hydrogen) atoms. The number of hydrogen-bond acceptors (Lipinski definition) is 5. The molecule has 1 aliphatic heterocycles. The molecule has 0 bridgehead atoms. The van der Waals surface area contributed by atoms with Crippen LogP contribution in [-0.4, -0.2) is 39.5 Å². The van der Waals surface area contributed by atoms with Gasteiger partial charge in [0, 0.05) is 19.8 Å². The largest absolute Gasteiger partial charge is 0.454 e. The highest BCUT2D eigenvalue weighted by molar-refractivity contribution is 7.89. The molecule has 1 aliphatic carbocycles. The highest BCUT2D eigenvalue weighted by atomic mass is 32.2. The van der Waals surface area contributed by atoms with Gasteiger partial charge >= 0.3 is 6.18 Å². The SMILES string of the molecule is CN(C)S(=O)(=O)c1ccc(-c2cc(NC(=O)C3(c4ccc5c(c4)OCO5)CC3)ccc2C(F)(F)F)cc1. The van der Waals surface area contributed by atoms with Crippen LogP contribution in [0.4, 0.5) is 18.9 Å². The lowest BCUT2D eigenvalue weighted by atomic mass is 9.94. The van der Waals surface area contributed by atoms with Gasteiger partial charge in [-0.2, -0.15) is 13.2 Å². The maximum atomic E-state index is 13.8. The van der Waals surface area contributed by atoms with Crippen LogP contribution in [0.1, 0.15) is 24.0 Å². The van der Waals surface area contributed by atoms with E-state index in [2.05, 4.69) is 5.32 Å². The Hall–Kier alpha value is -3.57. The molecule has 0 aromatic heterocycles. The summed E-state index contributed by atoms with van der Waals surface area (Å²) in [6.45, 7) is 0.106. The minimum atomic E-state index is -4.66. The molecule has 1 fully saturated rings. The number of alkyl halides is 3. The number of sulfonamides is 1. The standard InChI is InChI=1S/C26H23F3N2O5S/c1-31(2)37(33,34)19-7-3-16(4-8-19)20-14-18(6-9-21(20)26(27,28)29)30-24(32)25(11-12-25)17-5-10-22-23(13-17)36-15-35-22/h3-10,13-14H,11-12,15H2,1-2H3,(H,30,32). The van der Waals surface area contributed by atoms with E-state index in [4.69, 9.17) is 9.47 Å². The molecule has 1 heterocycles. The van der Waals surface area contributed by atoms with Gasteiger partial charge in [0.15, 0.2) is 11.5 Å². The highest BCUT2D eigenvalue weighted by Gasteiger charge is 2.51. The van der Waals surface area contributed by atoms with E-state index < -0.39 is 27.2 Å². The first-order valence-corrected chi connectivity index (χ1v) is 12.8. The number of halogens is 3. The van der Waals surface area contributed by atoms with Crippen molar-refractivity contribution in [2.45, 2.75) is 29.3 Å². The topological polar surface area (TPSA) is 84.9 Å². The van der Waals surface area contributed by atoms with Gasteiger partial charge in [-0.25, -0.2) is 12.7 Å². The van der Waals surface area contributed by atoms with Gasteiger partial charge in [0.1, 0.15) is 0 Å². The van der Waals surface area contributed by atoms with Crippen molar-refractivity contribution in [2.75, 3.05) is 26.2 Å². The van der Waals surface area contributed by atoms with Gasteiger partial charge in [-0.15, -0.1) is 0 Å². The second-order valence-corrected chi connectivity index (χ2v) is 11.3. The number of benzene rings is 3.